The lowest BCUT2D eigenvalue weighted by Gasteiger charge is -2.38. The van der Waals surface area contributed by atoms with Crippen LogP contribution in [0.5, 0.6) is 0 Å². The molecule has 20 heavy (non-hydrogen) atoms. The molecule has 5 fully saturated rings. The van der Waals surface area contributed by atoms with E-state index >= 15 is 0 Å². The van der Waals surface area contributed by atoms with E-state index < -0.39 is 0 Å². The zero-order valence-corrected chi connectivity index (χ0v) is 11.8. The summed E-state index contributed by atoms with van der Waals surface area (Å²) >= 11 is 0. The first-order valence-electron chi connectivity index (χ1n) is 7.82. The summed E-state index contributed by atoms with van der Waals surface area (Å²) in [6.45, 7) is 3.28. The quantitative estimate of drug-likeness (QED) is 0.817. The third-order valence-corrected chi connectivity index (χ3v) is 6.21. The van der Waals surface area contributed by atoms with Gasteiger partial charge < -0.3 is 9.47 Å². The number of benzene rings is 1. The highest BCUT2D eigenvalue weighted by Gasteiger charge is 2.89. The topological polar surface area (TPSA) is 18.5 Å². The summed E-state index contributed by atoms with van der Waals surface area (Å²) in [4.78, 5) is 0. The van der Waals surface area contributed by atoms with Gasteiger partial charge in [0.2, 0.25) is 0 Å². The Hall–Kier alpha value is -1.12. The Morgan fingerprint density at radius 3 is 2.95 bits per heavy atom. The zero-order chi connectivity index (χ0) is 13.4. The first-order valence-corrected chi connectivity index (χ1v) is 7.82. The number of hydrogen-bond acceptors (Lipinski definition) is 2. The predicted molar refractivity (Wildman–Crippen MR) is 76.8 cm³/mol. The van der Waals surface area contributed by atoms with Gasteiger partial charge in [0.15, 0.2) is 5.79 Å². The van der Waals surface area contributed by atoms with Gasteiger partial charge in [0.1, 0.15) is 0 Å². The van der Waals surface area contributed by atoms with E-state index in [9.17, 15) is 0 Å². The molecule has 2 saturated carbocycles. The molecule has 1 aromatic rings. The first kappa shape index (κ1) is 11.5. The zero-order valence-electron chi connectivity index (χ0n) is 11.8. The fourth-order valence-corrected chi connectivity index (χ4v) is 5.30. The van der Waals surface area contributed by atoms with Crippen molar-refractivity contribution in [2.75, 3.05) is 6.61 Å². The van der Waals surface area contributed by atoms with Gasteiger partial charge in [-0.1, -0.05) is 49.4 Å². The van der Waals surface area contributed by atoms with Crippen molar-refractivity contribution in [3.05, 3.63) is 42.0 Å². The molecule has 0 N–H and O–H groups in total. The lowest BCUT2D eigenvalue weighted by atomic mass is 9.82. The normalized spacial score (nSPS) is 51.5. The molecule has 0 aromatic heterocycles. The molecule has 6 atom stereocenters. The lowest BCUT2D eigenvalue weighted by Crippen LogP contribution is -2.44. The van der Waals surface area contributed by atoms with Crippen LogP contribution in [0.25, 0.3) is 6.08 Å². The van der Waals surface area contributed by atoms with Crippen molar-refractivity contribution in [3.8, 4) is 0 Å². The molecule has 1 aromatic carbocycles. The molecule has 2 nitrogen and oxygen atoms in total. The summed E-state index contributed by atoms with van der Waals surface area (Å²) in [5, 5.41) is 0. The predicted octanol–water partition coefficient (Wildman–Crippen LogP) is 3.49. The Balaban J connectivity index is 1.50. The molecule has 1 spiro atoms. The van der Waals surface area contributed by atoms with Crippen LogP contribution in [0.2, 0.25) is 0 Å². The van der Waals surface area contributed by atoms with E-state index in [0.29, 0.717) is 29.3 Å². The summed E-state index contributed by atoms with van der Waals surface area (Å²) in [5.74, 6) is 1.46. The second-order valence-corrected chi connectivity index (χ2v) is 6.99. The van der Waals surface area contributed by atoms with Gasteiger partial charge in [-0.3, -0.25) is 0 Å². The minimum absolute atomic E-state index is 0.284. The van der Waals surface area contributed by atoms with E-state index in [1.54, 1.807) is 0 Å². The van der Waals surface area contributed by atoms with Crippen molar-refractivity contribution in [3.63, 3.8) is 0 Å². The van der Waals surface area contributed by atoms with Crippen molar-refractivity contribution >= 4 is 6.08 Å². The van der Waals surface area contributed by atoms with Gasteiger partial charge in [-0.15, -0.1) is 0 Å². The van der Waals surface area contributed by atoms with Crippen molar-refractivity contribution in [1.82, 2.24) is 0 Å². The van der Waals surface area contributed by atoms with Crippen molar-refractivity contribution in [2.45, 2.75) is 31.7 Å². The maximum absolute atomic E-state index is 6.33. The highest BCUT2D eigenvalue weighted by molar-refractivity contribution is 5.51. The Labute approximate surface area is 119 Å². The van der Waals surface area contributed by atoms with Crippen LogP contribution in [0.3, 0.4) is 0 Å². The van der Waals surface area contributed by atoms with Gasteiger partial charge in [0.05, 0.1) is 12.7 Å². The standard InChI is InChI=1S/C18H20O2/c1-17-14-8-5-11-19-18(14)13(15(17)16(17)20-18)10-9-12-6-3-2-4-7-12/h2-4,6-7,9-10,13-16H,5,8,11H2,1H3/b10-9+/t13-,14+,15-,16+,17-,18-/m0/s1. The molecule has 104 valence electrons. The second kappa shape index (κ2) is 3.55. The van der Waals surface area contributed by atoms with Crippen LogP contribution in [0.1, 0.15) is 25.3 Å². The first-order chi connectivity index (χ1) is 9.77. The molecule has 5 aliphatic rings. The fourth-order valence-electron chi connectivity index (χ4n) is 5.30. The number of rotatable bonds is 2. The van der Waals surface area contributed by atoms with Crippen LogP contribution in [0.15, 0.2) is 36.4 Å². The average Bonchev–Trinajstić information content (AvgIpc) is 2.77. The molecule has 3 heterocycles. The average molecular weight is 268 g/mol. The molecule has 3 aliphatic heterocycles. The largest absolute Gasteiger partial charge is 0.349 e. The summed E-state index contributed by atoms with van der Waals surface area (Å²) in [5.41, 5.74) is 1.66. The Morgan fingerprint density at radius 2 is 2.10 bits per heavy atom. The maximum atomic E-state index is 6.33. The third-order valence-electron chi connectivity index (χ3n) is 6.21. The van der Waals surface area contributed by atoms with E-state index in [0.717, 1.165) is 6.61 Å². The molecule has 4 bridgehead atoms. The number of ether oxygens (including phenoxy) is 2. The molecule has 3 saturated heterocycles. The van der Waals surface area contributed by atoms with Crippen LogP contribution in [-0.2, 0) is 9.47 Å². The summed E-state index contributed by atoms with van der Waals surface area (Å²) < 4.78 is 12.5. The van der Waals surface area contributed by atoms with Crippen molar-refractivity contribution < 1.29 is 9.47 Å². The molecule has 0 amide bonds. The van der Waals surface area contributed by atoms with Gasteiger partial charge in [-0.25, -0.2) is 0 Å². The van der Waals surface area contributed by atoms with E-state index in [1.165, 1.54) is 18.4 Å². The Bertz CT molecular complexity index is 580. The molecule has 2 heteroatoms. The number of hydrogen-bond donors (Lipinski definition) is 0. The van der Waals surface area contributed by atoms with Gasteiger partial charge in [0.25, 0.3) is 0 Å². The summed E-state index contributed by atoms with van der Waals surface area (Å²) in [6.07, 6.45) is 7.53. The van der Waals surface area contributed by atoms with Crippen molar-refractivity contribution in [2.24, 2.45) is 23.2 Å². The smallest absolute Gasteiger partial charge is 0.178 e. The summed E-state index contributed by atoms with van der Waals surface area (Å²) in [6, 6.07) is 10.5. The van der Waals surface area contributed by atoms with Crippen LogP contribution in [0, 0.1) is 23.2 Å². The highest BCUT2D eigenvalue weighted by Crippen LogP contribution is 2.82. The van der Waals surface area contributed by atoms with Crippen LogP contribution in [0.4, 0.5) is 0 Å². The Kier molecular flexibility index (Phi) is 2.05. The van der Waals surface area contributed by atoms with Crippen LogP contribution >= 0.6 is 0 Å². The van der Waals surface area contributed by atoms with Gasteiger partial charge in [-0.05, 0) is 18.4 Å². The minimum Gasteiger partial charge on any atom is -0.349 e. The molecule has 2 aliphatic carbocycles. The summed E-state index contributed by atoms with van der Waals surface area (Å²) in [7, 11) is 0. The lowest BCUT2D eigenvalue weighted by molar-refractivity contribution is -0.250. The second-order valence-electron chi connectivity index (χ2n) is 6.99. The van der Waals surface area contributed by atoms with E-state index in [2.05, 4.69) is 49.4 Å². The van der Waals surface area contributed by atoms with Crippen molar-refractivity contribution in [1.29, 1.82) is 0 Å². The fraction of sp³-hybridized carbons (Fsp3) is 0.556. The van der Waals surface area contributed by atoms with Gasteiger partial charge >= 0.3 is 0 Å². The van der Waals surface area contributed by atoms with Gasteiger partial charge in [0, 0.05) is 23.2 Å². The molecular formula is C18H20O2. The third kappa shape index (κ3) is 1.15. The van der Waals surface area contributed by atoms with E-state index in [-0.39, 0.29) is 5.79 Å². The van der Waals surface area contributed by atoms with E-state index in [1.807, 2.05) is 0 Å². The minimum atomic E-state index is -0.284. The SMILES string of the molecule is C[C@]12[C@@H]3[C@H]1O[C@@]1(OCCC[C@@H]12)[C@H]3/C=C/c1ccccc1. The maximum Gasteiger partial charge on any atom is 0.178 e. The monoisotopic (exact) mass is 268 g/mol. The molecule has 0 radical (unpaired) electrons. The van der Waals surface area contributed by atoms with E-state index in [4.69, 9.17) is 9.47 Å². The molecular weight excluding hydrogens is 248 g/mol. The molecule has 6 rings (SSSR count). The van der Waals surface area contributed by atoms with Crippen LogP contribution in [-0.4, -0.2) is 18.5 Å². The Morgan fingerprint density at radius 1 is 1.25 bits per heavy atom. The van der Waals surface area contributed by atoms with Gasteiger partial charge in [-0.2, -0.15) is 0 Å². The van der Waals surface area contributed by atoms with Crippen LogP contribution < -0.4 is 0 Å². The highest BCUT2D eigenvalue weighted by atomic mass is 16.7. The molecule has 0 unspecified atom stereocenters.